The van der Waals surface area contributed by atoms with E-state index in [2.05, 4.69) is 10.6 Å². The van der Waals surface area contributed by atoms with E-state index < -0.39 is 65.9 Å². The summed E-state index contributed by atoms with van der Waals surface area (Å²) < 4.78 is 11.5. The number of rotatable bonds is 6. The van der Waals surface area contributed by atoms with Crippen LogP contribution in [0, 0.1) is 23.7 Å². The van der Waals surface area contributed by atoms with Crippen LogP contribution in [-0.4, -0.2) is 71.9 Å². The third kappa shape index (κ3) is 8.78. The van der Waals surface area contributed by atoms with E-state index in [4.69, 9.17) is 9.47 Å². The topological polar surface area (TPSA) is 131 Å². The Labute approximate surface area is 243 Å². The van der Waals surface area contributed by atoms with Crippen molar-refractivity contribution in [2.24, 2.45) is 23.7 Å². The minimum atomic E-state index is -1.25. The average Bonchev–Trinajstić information content (AvgIpc) is 2.92. The maximum Gasteiger partial charge on any atom is 0.329 e. The first kappa shape index (κ1) is 33.8. The van der Waals surface area contributed by atoms with Crippen LogP contribution in [0.5, 0.6) is 0 Å². The molecule has 10 nitrogen and oxygen atoms in total. The number of nitrogens with one attached hydrogen (secondary N) is 2. The molecule has 10 heteroatoms. The van der Waals surface area contributed by atoms with Crippen LogP contribution in [0.4, 0.5) is 0 Å². The summed E-state index contributed by atoms with van der Waals surface area (Å²) in [4.78, 5) is 68.7. The van der Waals surface area contributed by atoms with E-state index in [0.29, 0.717) is 6.42 Å². The predicted octanol–water partition coefficient (Wildman–Crippen LogP) is 2.88. The number of amides is 3. The Bertz CT molecular complexity index is 1070. The van der Waals surface area contributed by atoms with Gasteiger partial charge in [0.05, 0.1) is 5.92 Å². The minimum absolute atomic E-state index is 0.0788. The second-order valence-electron chi connectivity index (χ2n) is 11.8. The van der Waals surface area contributed by atoms with Crippen molar-refractivity contribution >= 4 is 29.7 Å². The molecular weight excluding hydrogens is 526 g/mol. The van der Waals surface area contributed by atoms with E-state index in [1.807, 2.05) is 44.2 Å². The fourth-order valence-electron chi connectivity index (χ4n) is 4.74. The van der Waals surface area contributed by atoms with Crippen LogP contribution in [0.1, 0.15) is 67.4 Å². The quantitative estimate of drug-likeness (QED) is 0.501. The van der Waals surface area contributed by atoms with Crippen molar-refractivity contribution in [2.45, 2.75) is 98.6 Å². The number of hydrogen-bond donors (Lipinski definition) is 2. The van der Waals surface area contributed by atoms with Gasteiger partial charge in [0, 0.05) is 19.5 Å². The summed E-state index contributed by atoms with van der Waals surface area (Å²) >= 11 is 0. The third-order valence-electron chi connectivity index (χ3n) is 7.83. The highest BCUT2D eigenvalue weighted by atomic mass is 16.6. The summed E-state index contributed by atoms with van der Waals surface area (Å²) in [7, 11) is 1.47. The average molecular weight is 574 g/mol. The Morgan fingerprint density at radius 3 is 1.98 bits per heavy atom. The van der Waals surface area contributed by atoms with Gasteiger partial charge in [-0.05, 0) is 37.2 Å². The van der Waals surface area contributed by atoms with Crippen LogP contribution < -0.4 is 10.6 Å². The molecule has 1 fully saturated rings. The fourth-order valence-corrected chi connectivity index (χ4v) is 4.74. The molecule has 0 spiro atoms. The number of likely N-dealkylation sites (N-methyl/N-ethyl adjacent to an activating group) is 1. The molecule has 1 aliphatic rings. The summed E-state index contributed by atoms with van der Waals surface area (Å²) in [5, 5.41) is 5.63. The largest absolute Gasteiger partial charge is 0.452 e. The highest BCUT2D eigenvalue weighted by Gasteiger charge is 2.41. The Balaban J connectivity index is 2.61. The molecule has 1 aromatic rings. The van der Waals surface area contributed by atoms with Crippen LogP contribution in [0.15, 0.2) is 30.3 Å². The van der Waals surface area contributed by atoms with Gasteiger partial charge in [0.15, 0.2) is 12.2 Å². The molecule has 1 heterocycles. The molecule has 0 saturated carbocycles. The predicted molar refractivity (Wildman–Crippen MR) is 154 cm³/mol. The zero-order chi connectivity index (χ0) is 31.0. The Morgan fingerprint density at radius 2 is 1.44 bits per heavy atom. The third-order valence-corrected chi connectivity index (χ3v) is 7.83. The molecule has 1 aliphatic heterocycles. The van der Waals surface area contributed by atoms with Crippen molar-refractivity contribution in [3.63, 3.8) is 0 Å². The van der Waals surface area contributed by atoms with Gasteiger partial charge in [0.25, 0.3) is 11.8 Å². The SMILES string of the molecule is CCC(C)C1NC(=O)[C@H](Cc2ccccc2)OC(=O)C(C(C)C)N(C)C(=O)[C@H](C(C)C)OC(=O)[C@H](C)[C@@H](C)NC1=O. The van der Waals surface area contributed by atoms with Crippen molar-refractivity contribution in [3.8, 4) is 0 Å². The van der Waals surface area contributed by atoms with Crippen molar-refractivity contribution in [2.75, 3.05) is 7.05 Å². The first-order chi connectivity index (χ1) is 19.2. The second kappa shape index (κ2) is 15.0. The Morgan fingerprint density at radius 1 is 0.829 bits per heavy atom. The summed E-state index contributed by atoms with van der Waals surface area (Å²) in [5.41, 5.74) is 0.763. The van der Waals surface area contributed by atoms with E-state index >= 15 is 0 Å². The van der Waals surface area contributed by atoms with Crippen molar-refractivity contribution in [3.05, 3.63) is 35.9 Å². The van der Waals surface area contributed by atoms with Crippen LogP contribution in [0.3, 0.4) is 0 Å². The van der Waals surface area contributed by atoms with E-state index in [1.54, 1.807) is 41.5 Å². The Hall–Kier alpha value is -3.43. The normalized spacial score (nSPS) is 28.2. The van der Waals surface area contributed by atoms with E-state index in [9.17, 15) is 24.0 Å². The molecule has 41 heavy (non-hydrogen) atoms. The van der Waals surface area contributed by atoms with Gasteiger partial charge in [-0.1, -0.05) is 78.3 Å². The fraction of sp³-hybridized carbons (Fsp3) is 0.645. The van der Waals surface area contributed by atoms with Gasteiger partial charge in [0.1, 0.15) is 12.1 Å². The van der Waals surface area contributed by atoms with Gasteiger partial charge in [-0.2, -0.15) is 0 Å². The maximum absolute atomic E-state index is 13.7. The molecule has 3 amide bonds. The number of esters is 2. The number of nitrogens with zero attached hydrogens (tertiary/aromatic N) is 1. The van der Waals surface area contributed by atoms with Gasteiger partial charge < -0.3 is 25.0 Å². The number of benzene rings is 1. The van der Waals surface area contributed by atoms with E-state index in [-0.39, 0.29) is 24.2 Å². The van der Waals surface area contributed by atoms with Crippen molar-refractivity contribution in [1.29, 1.82) is 0 Å². The highest BCUT2D eigenvalue weighted by molar-refractivity contribution is 5.93. The molecule has 0 aromatic heterocycles. The maximum atomic E-state index is 13.7. The van der Waals surface area contributed by atoms with Gasteiger partial charge >= 0.3 is 11.9 Å². The van der Waals surface area contributed by atoms with Crippen molar-refractivity contribution in [1.82, 2.24) is 15.5 Å². The Kier molecular flexibility index (Phi) is 12.3. The highest BCUT2D eigenvalue weighted by Crippen LogP contribution is 2.21. The molecule has 1 saturated heterocycles. The lowest BCUT2D eigenvalue weighted by Crippen LogP contribution is -2.57. The number of carbonyl (C=O) groups excluding carboxylic acids is 5. The lowest BCUT2D eigenvalue weighted by atomic mass is 9.95. The lowest BCUT2D eigenvalue weighted by molar-refractivity contribution is -0.173. The summed E-state index contributed by atoms with van der Waals surface area (Å²) in [5.74, 6) is -4.85. The number of hydrogen-bond acceptors (Lipinski definition) is 7. The smallest absolute Gasteiger partial charge is 0.329 e. The van der Waals surface area contributed by atoms with Crippen LogP contribution in [0.25, 0.3) is 0 Å². The molecule has 0 bridgehead atoms. The first-order valence-corrected chi connectivity index (χ1v) is 14.5. The standard InChI is InChI=1S/C31H47N3O7/c1-10-19(6)24-28(36)32-21(8)20(7)30(38)41-26(18(4)5)29(37)34(9)25(17(2)3)31(39)40-23(27(35)33-24)16-22-14-12-11-13-15-22/h11-15,17-21,23-26H,10,16H2,1-9H3,(H,32,36)(H,33,35)/t19?,20-,21-,23+,24?,25?,26+/m1/s1. The molecule has 0 aliphatic carbocycles. The van der Waals surface area contributed by atoms with E-state index in [0.717, 1.165) is 5.56 Å². The second-order valence-corrected chi connectivity index (χ2v) is 11.8. The van der Waals surface area contributed by atoms with Crippen LogP contribution >= 0.6 is 0 Å². The van der Waals surface area contributed by atoms with Crippen LogP contribution in [-0.2, 0) is 39.9 Å². The summed E-state index contributed by atoms with van der Waals surface area (Å²) in [6.07, 6.45) is -1.74. The zero-order valence-electron chi connectivity index (χ0n) is 25.8. The number of cyclic esters (lactones) is 2. The van der Waals surface area contributed by atoms with E-state index in [1.165, 1.54) is 11.9 Å². The molecule has 7 atom stereocenters. The number of ether oxygens (including phenoxy) is 2. The summed E-state index contributed by atoms with van der Waals surface area (Å²) in [6.45, 7) is 14.1. The van der Waals surface area contributed by atoms with Gasteiger partial charge in [0.2, 0.25) is 5.91 Å². The zero-order valence-corrected chi connectivity index (χ0v) is 25.8. The van der Waals surface area contributed by atoms with Crippen LogP contribution in [0.2, 0.25) is 0 Å². The molecule has 1 aromatic carbocycles. The van der Waals surface area contributed by atoms with Gasteiger partial charge in [-0.25, -0.2) is 4.79 Å². The van der Waals surface area contributed by atoms with Gasteiger partial charge in [-0.15, -0.1) is 0 Å². The minimum Gasteiger partial charge on any atom is -0.452 e. The first-order valence-electron chi connectivity index (χ1n) is 14.5. The number of carbonyl (C=O) groups is 5. The monoisotopic (exact) mass is 573 g/mol. The lowest BCUT2D eigenvalue weighted by Gasteiger charge is -2.35. The molecule has 0 radical (unpaired) electrons. The molecule has 228 valence electrons. The van der Waals surface area contributed by atoms with Gasteiger partial charge in [-0.3, -0.25) is 19.2 Å². The molecule has 3 unspecified atom stereocenters. The molecule has 2 rings (SSSR count). The molecular formula is C31H47N3O7. The van der Waals surface area contributed by atoms with Crippen molar-refractivity contribution < 1.29 is 33.4 Å². The summed E-state index contributed by atoms with van der Waals surface area (Å²) in [6, 6.07) is 6.49. The molecule has 2 N–H and O–H groups in total.